The van der Waals surface area contributed by atoms with E-state index in [1.165, 1.54) is 19.3 Å². The molecule has 1 atom stereocenters. The minimum Gasteiger partial charge on any atom is -0.337 e. The SMILES string of the molecule is CC(C)S(=O)(=O)c1ccc(CC(=O)N2CCCSCC2CN2CCCCC2)cc1. The summed E-state index contributed by atoms with van der Waals surface area (Å²) in [7, 11) is -3.28. The zero-order chi connectivity index (χ0) is 20.9. The normalized spacial score (nSPS) is 21.9. The van der Waals surface area contributed by atoms with Crippen LogP contribution in [0.2, 0.25) is 0 Å². The molecule has 1 amide bonds. The molecule has 1 aromatic rings. The molecule has 0 N–H and O–H groups in total. The van der Waals surface area contributed by atoms with Gasteiger partial charge in [0.2, 0.25) is 5.91 Å². The first kappa shape index (κ1) is 22.6. The third-order valence-corrected chi connectivity index (χ3v) is 9.27. The molecule has 1 aromatic carbocycles. The van der Waals surface area contributed by atoms with E-state index in [0.717, 1.165) is 49.7 Å². The van der Waals surface area contributed by atoms with Gasteiger partial charge in [-0.2, -0.15) is 11.8 Å². The van der Waals surface area contributed by atoms with Gasteiger partial charge in [-0.25, -0.2) is 8.42 Å². The van der Waals surface area contributed by atoms with Crippen molar-refractivity contribution in [2.75, 3.05) is 37.7 Å². The highest BCUT2D eigenvalue weighted by atomic mass is 32.2. The summed E-state index contributed by atoms with van der Waals surface area (Å²) >= 11 is 1.96. The van der Waals surface area contributed by atoms with Crippen molar-refractivity contribution in [3.63, 3.8) is 0 Å². The standard InChI is InChI=1S/C22H34N2O3S2/c1-18(2)29(26,27)21-9-7-19(8-10-21)15-22(25)24-13-6-14-28-17-20(24)16-23-11-4-3-5-12-23/h7-10,18,20H,3-6,11-17H2,1-2H3. The summed E-state index contributed by atoms with van der Waals surface area (Å²) in [6.45, 7) is 7.47. The second kappa shape index (κ2) is 10.3. The molecule has 0 aromatic heterocycles. The number of hydrogen-bond acceptors (Lipinski definition) is 5. The molecule has 2 aliphatic rings. The van der Waals surface area contributed by atoms with Crippen LogP contribution in [0, 0.1) is 0 Å². The number of amides is 1. The van der Waals surface area contributed by atoms with Gasteiger partial charge in [0.05, 0.1) is 22.6 Å². The summed E-state index contributed by atoms with van der Waals surface area (Å²) in [5.41, 5.74) is 0.881. The van der Waals surface area contributed by atoms with Crippen molar-refractivity contribution in [2.45, 2.75) is 62.1 Å². The Morgan fingerprint density at radius 3 is 2.41 bits per heavy atom. The minimum atomic E-state index is -3.28. The molecule has 29 heavy (non-hydrogen) atoms. The molecule has 2 heterocycles. The van der Waals surface area contributed by atoms with E-state index in [1.807, 2.05) is 11.8 Å². The van der Waals surface area contributed by atoms with Crippen LogP contribution in [0.5, 0.6) is 0 Å². The number of rotatable bonds is 6. The number of sulfone groups is 1. The number of nitrogens with zero attached hydrogens (tertiary/aromatic N) is 2. The number of thioether (sulfide) groups is 1. The maximum Gasteiger partial charge on any atom is 0.227 e. The van der Waals surface area contributed by atoms with Gasteiger partial charge in [-0.15, -0.1) is 0 Å². The molecule has 2 aliphatic heterocycles. The fourth-order valence-electron chi connectivity index (χ4n) is 4.09. The lowest BCUT2D eigenvalue weighted by Crippen LogP contribution is -2.49. The highest BCUT2D eigenvalue weighted by Gasteiger charge is 2.28. The number of piperidine rings is 1. The quantitative estimate of drug-likeness (QED) is 0.682. The van der Waals surface area contributed by atoms with E-state index in [9.17, 15) is 13.2 Å². The number of carbonyl (C=O) groups is 1. The fraction of sp³-hybridized carbons (Fsp3) is 0.682. The van der Waals surface area contributed by atoms with Crippen LogP contribution in [0.1, 0.15) is 45.1 Å². The van der Waals surface area contributed by atoms with Crippen LogP contribution in [0.25, 0.3) is 0 Å². The summed E-state index contributed by atoms with van der Waals surface area (Å²) in [5, 5.41) is -0.444. The predicted molar refractivity (Wildman–Crippen MR) is 120 cm³/mol. The summed E-state index contributed by atoms with van der Waals surface area (Å²) in [6, 6.07) is 7.13. The van der Waals surface area contributed by atoms with E-state index in [4.69, 9.17) is 0 Å². The van der Waals surface area contributed by atoms with E-state index in [-0.39, 0.29) is 11.9 Å². The number of hydrogen-bond donors (Lipinski definition) is 0. The van der Waals surface area contributed by atoms with Crippen LogP contribution in [-0.2, 0) is 21.1 Å². The molecule has 5 nitrogen and oxygen atoms in total. The molecule has 2 fully saturated rings. The Hall–Kier alpha value is -1.05. The topological polar surface area (TPSA) is 57.7 Å². The van der Waals surface area contributed by atoms with E-state index < -0.39 is 15.1 Å². The van der Waals surface area contributed by atoms with Crippen molar-refractivity contribution < 1.29 is 13.2 Å². The molecule has 3 rings (SSSR count). The smallest absolute Gasteiger partial charge is 0.227 e. The second-order valence-corrected chi connectivity index (χ2v) is 12.1. The first-order chi connectivity index (χ1) is 13.9. The van der Waals surface area contributed by atoms with Crippen molar-refractivity contribution in [1.82, 2.24) is 9.80 Å². The van der Waals surface area contributed by atoms with Gasteiger partial charge in [-0.1, -0.05) is 18.6 Å². The van der Waals surface area contributed by atoms with Gasteiger partial charge in [0.1, 0.15) is 0 Å². The van der Waals surface area contributed by atoms with Gasteiger partial charge in [-0.3, -0.25) is 4.79 Å². The Morgan fingerprint density at radius 1 is 1.07 bits per heavy atom. The summed E-state index contributed by atoms with van der Waals surface area (Å²) < 4.78 is 24.6. The molecular formula is C22H34N2O3S2. The van der Waals surface area contributed by atoms with E-state index in [0.29, 0.717) is 11.3 Å². The van der Waals surface area contributed by atoms with Crippen LogP contribution < -0.4 is 0 Å². The van der Waals surface area contributed by atoms with Crippen LogP contribution in [0.4, 0.5) is 0 Å². The van der Waals surface area contributed by atoms with Crippen LogP contribution in [0.3, 0.4) is 0 Å². The molecule has 2 saturated heterocycles. The Labute approximate surface area is 180 Å². The van der Waals surface area contributed by atoms with Gasteiger partial charge >= 0.3 is 0 Å². The van der Waals surface area contributed by atoms with E-state index >= 15 is 0 Å². The second-order valence-electron chi connectivity index (χ2n) is 8.45. The molecule has 0 saturated carbocycles. The highest BCUT2D eigenvalue weighted by molar-refractivity contribution is 7.99. The predicted octanol–water partition coefficient (Wildman–Crippen LogP) is 3.23. The number of benzene rings is 1. The largest absolute Gasteiger partial charge is 0.337 e. The molecular weight excluding hydrogens is 404 g/mol. The number of likely N-dealkylation sites (tertiary alicyclic amines) is 1. The number of carbonyl (C=O) groups excluding carboxylic acids is 1. The molecule has 0 radical (unpaired) electrons. The molecule has 7 heteroatoms. The third-order valence-electron chi connectivity index (χ3n) is 5.90. The zero-order valence-corrected chi connectivity index (χ0v) is 19.3. The maximum atomic E-state index is 13.1. The Balaban J connectivity index is 1.66. The average molecular weight is 439 g/mol. The Morgan fingerprint density at radius 2 is 1.76 bits per heavy atom. The van der Waals surface area contributed by atoms with Gasteiger partial charge in [0.25, 0.3) is 0 Å². The average Bonchev–Trinajstić information content (AvgIpc) is 2.94. The van der Waals surface area contributed by atoms with Gasteiger partial charge < -0.3 is 9.80 Å². The van der Waals surface area contributed by atoms with E-state index in [2.05, 4.69) is 9.80 Å². The molecule has 0 spiro atoms. The lowest BCUT2D eigenvalue weighted by atomic mass is 10.1. The lowest BCUT2D eigenvalue weighted by Gasteiger charge is -2.36. The third kappa shape index (κ3) is 5.98. The first-order valence-corrected chi connectivity index (χ1v) is 13.5. The Bertz CT molecular complexity index is 772. The molecule has 1 unspecified atom stereocenters. The summed E-state index contributed by atoms with van der Waals surface area (Å²) in [6.07, 6.45) is 5.22. The Kier molecular flexibility index (Phi) is 8.05. The van der Waals surface area contributed by atoms with Gasteiger partial charge in [-0.05, 0) is 69.6 Å². The summed E-state index contributed by atoms with van der Waals surface area (Å²) in [5.74, 6) is 2.28. The van der Waals surface area contributed by atoms with Crippen LogP contribution >= 0.6 is 11.8 Å². The molecule has 0 aliphatic carbocycles. The molecule has 0 bridgehead atoms. The van der Waals surface area contributed by atoms with Gasteiger partial charge in [0, 0.05) is 18.8 Å². The van der Waals surface area contributed by atoms with Crippen molar-refractivity contribution in [1.29, 1.82) is 0 Å². The van der Waals surface area contributed by atoms with Gasteiger partial charge in [0.15, 0.2) is 9.84 Å². The maximum absolute atomic E-state index is 13.1. The van der Waals surface area contributed by atoms with Crippen molar-refractivity contribution in [2.24, 2.45) is 0 Å². The summed E-state index contributed by atoms with van der Waals surface area (Å²) in [4.78, 5) is 18.1. The fourth-order valence-corrected chi connectivity index (χ4v) is 6.21. The van der Waals surface area contributed by atoms with E-state index in [1.54, 1.807) is 38.1 Å². The van der Waals surface area contributed by atoms with Crippen LogP contribution in [0.15, 0.2) is 29.2 Å². The molecule has 162 valence electrons. The first-order valence-electron chi connectivity index (χ1n) is 10.8. The lowest BCUT2D eigenvalue weighted by molar-refractivity contribution is -0.132. The van der Waals surface area contributed by atoms with Crippen LogP contribution in [-0.4, -0.2) is 73.1 Å². The monoisotopic (exact) mass is 438 g/mol. The van der Waals surface area contributed by atoms with Crippen molar-refractivity contribution >= 4 is 27.5 Å². The van der Waals surface area contributed by atoms with Crippen molar-refractivity contribution in [3.8, 4) is 0 Å². The van der Waals surface area contributed by atoms with Crippen molar-refractivity contribution in [3.05, 3.63) is 29.8 Å². The minimum absolute atomic E-state index is 0.161. The highest BCUT2D eigenvalue weighted by Crippen LogP contribution is 2.21. The zero-order valence-electron chi connectivity index (χ0n) is 17.7.